The first kappa shape index (κ1) is 17.6. The number of carboxylic acids is 1. The molecular formula is C14H21NO5S. The fourth-order valence-electron chi connectivity index (χ4n) is 2.15. The van der Waals surface area contributed by atoms with E-state index in [9.17, 15) is 13.2 Å². The van der Waals surface area contributed by atoms with Gasteiger partial charge in [0.15, 0.2) is 0 Å². The molecule has 2 N–H and O–H groups in total. The van der Waals surface area contributed by atoms with Gasteiger partial charge in [-0.2, -0.15) is 0 Å². The Bertz CT molecular complexity index is 591. The first-order valence-corrected chi connectivity index (χ1v) is 8.16. The van der Waals surface area contributed by atoms with Crippen molar-refractivity contribution in [3.8, 4) is 0 Å². The van der Waals surface area contributed by atoms with Crippen molar-refractivity contribution in [1.29, 1.82) is 0 Å². The van der Waals surface area contributed by atoms with E-state index in [1.165, 1.54) is 32.2 Å². The highest BCUT2D eigenvalue weighted by molar-refractivity contribution is 7.89. The predicted molar refractivity (Wildman–Crippen MR) is 79.0 cm³/mol. The van der Waals surface area contributed by atoms with Crippen molar-refractivity contribution in [2.24, 2.45) is 0 Å². The standard InChI is InChI=1S/C14H21NO5S/c1-4-6-11(9-20-3)15-21(18,19)13-8-5-7-12(10(13)2)14(16)17/h5,7-8,11,15H,4,6,9H2,1-3H3,(H,16,17). The lowest BCUT2D eigenvalue weighted by Gasteiger charge is -2.18. The normalized spacial score (nSPS) is 13.1. The summed E-state index contributed by atoms with van der Waals surface area (Å²) >= 11 is 0. The summed E-state index contributed by atoms with van der Waals surface area (Å²) in [6.45, 7) is 3.71. The number of nitrogens with one attached hydrogen (secondary N) is 1. The molecule has 0 bridgehead atoms. The number of benzene rings is 1. The molecule has 0 fully saturated rings. The van der Waals surface area contributed by atoms with E-state index < -0.39 is 16.0 Å². The number of hydrogen-bond acceptors (Lipinski definition) is 4. The molecule has 1 rings (SSSR count). The maximum Gasteiger partial charge on any atom is 0.335 e. The zero-order valence-electron chi connectivity index (χ0n) is 12.4. The Morgan fingerprint density at radius 2 is 2.10 bits per heavy atom. The van der Waals surface area contributed by atoms with Gasteiger partial charge in [-0.3, -0.25) is 0 Å². The number of carbonyl (C=O) groups is 1. The molecule has 1 unspecified atom stereocenters. The highest BCUT2D eigenvalue weighted by Crippen LogP contribution is 2.19. The van der Waals surface area contributed by atoms with Crippen molar-refractivity contribution in [3.63, 3.8) is 0 Å². The summed E-state index contributed by atoms with van der Waals surface area (Å²) in [4.78, 5) is 11.1. The lowest BCUT2D eigenvalue weighted by Crippen LogP contribution is -2.38. The van der Waals surface area contributed by atoms with E-state index in [1.807, 2.05) is 6.92 Å². The molecule has 0 saturated heterocycles. The summed E-state index contributed by atoms with van der Waals surface area (Å²) in [5.41, 5.74) is 0.210. The van der Waals surface area contributed by atoms with E-state index in [2.05, 4.69) is 4.72 Å². The Hall–Kier alpha value is -1.44. The van der Waals surface area contributed by atoms with Gasteiger partial charge >= 0.3 is 5.97 Å². The van der Waals surface area contributed by atoms with Gasteiger partial charge in [0.1, 0.15) is 0 Å². The van der Waals surface area contributed by atoms with Crippen molar-refractivity contribution < 1.29 is 23.1 Å². The highest BCUT2D eigenvalue weighted by atomic mass is 32.2. The van der Waals surface area contributed by atoms with Gasteiger partial charge in [0.2, 0.25) is 10.0 Å². The van der Waals surface area contributed by atoms with Crippen molar-refractivity contribution >= 4 is 16.0 Å². The molecule has 1 aromatic carbocycles. The van der Waals surface area contributed by atoms with Crippen LogP contribution >= 0.6 is 0 Å². The van der Waals surface area contributed by atoms with E-state index in [0.29, 0.717) is 6.42 Å². The summed E-state index contributed by atoms with van der Waals surface area (Å²) < 4.78 is 32.4. The third kappa shape index (κ3) is 4.52. The van der Waals surface area contributed by atoms with Crippen LogP contribution < -0.4 is 4.72 Å². The zero-order valence-corrected chi connectivity index (χ0v) is 13.2. The van der Waals surface area contributed by atoms with Gasteiger partial charge in [-0.25, -0.2) is 17.9 Å². The van der Waals surface area contributed by atoms with Crippen LogP contribution in [0.4, 0.5) is 0 Å². The van der Waals surface area contributed by atoms with E-state index in [1.54, 1.807) is 0 Å². The van der Waals surface area contributed by atoms with Crippen LogP contribution in [-0.4, -0.2) is 39.3 Å². The third-order valence-electron chi connectivity index (χ3n) is 3.13. The molecule has 0 saturated carbocycles. The summed E-state index contributed by atoms with van der Waals surface area (Å²) in [6.07, 6.45) is 1.45. The van der Waals surface area contributed by atoms with Gasteiger partial charge in [-0.05, 0) is 31.0 Å². The average molecular weight is 315 g/mol. The molecule has 0 spiro atoms. The second-order valence-corrected chi connectivity index (χ2v) is 6.48. The monoisotopic (exact) mass is 315 g/mol. The second-order valence-electron chi connectivity index (χ2n) is 4.80. The van der Waals surface area contributed by atoms with Crippen LogP contribution in [-0.2, 0) is 14.8 Å². The van der Waals surface area contributed by atoms with Crippen molar-refractivity contribution in [3.05, 3.63) is 29.3 Å². The summed E-state index contributed by atoms with van der Waals surface area (Å²) in [6, 6.07) is 3.88. The van der Waals surface area contributed by atoms with Gasteiger partial charge in [0, 0.05) is 13.2 Å². The number of aromatic carboxylic acids is 1. The Morgan fingerprint density at radius 1 is 1.43 bits per heavy atom. The molecule has 1 atom stereocenters. The number of carboxylic acid groups (broad SMARTS) is 1. The lowest BCUT2D eigenvalue weighted by atomic mass is 10.1. The molecule has 7 heteroatoms. The minimum Gasteiger partial charge on any atom is -0.478 e. The highest BCUT2D eigenvalue weighted by Gasteiger charge is 2.23. The third-order valence-corrected chi connectivity index (χ3v) is 4.80. The largest absolute Gasteiger partial charge is 0.478 e. The minimum absolute atomic E-state index is 0.0143. The van der Waals surface area contributed by atoms with Gasteiger partial charge in [0.25, 0.3) is 0 Å². The molecule has 0 aliphatic rings. The van der Waals surface area contributed by atoms with Crippen LogP contribution in [0, 0.1) is 6.92 Å². The van der Waals surface area contributed by atoms with Crippen molar-refractivity contribution in [1.82, 2.24) is 4.72 Å². The summed E-state index contributed by atoms with van der Waals surface area (Å²) in [7, 11) is -2.28. The van der Waals surface area contributed by atoms with Gasteiger partial charge in [0.05, 0.1) is 17.1 Å². The quantitative estimate of drug-likeness (QED) is 0.763. The smallest absolute Gasteiger partial charge is 0.335 e. The Morgan fingerprint density at radius 3 is 2.62 bits per heavy atom. The van der Waals surface area contributed by atoms with Crippen LogP contribution in [0.1, 0.15) is 35.7 Å². The maximum absolute atomic E-state index is 12.4. The van der Waals surface area contributed by atoms with Crippen molar-refractivity contribution in [2.45, 2.75) is 37.6 Å². The lowest BCUT2D eigenvalue weighted by molar-refractivity contribution is 0.0696. The van der Waals surface area contributed by atoms with Crippen LogP contribution in [0.2, 0.25) is 0 Å². The van der Waals surface area contributed by atoms with Crippen LogP contribution in [0.5, 0.6) is 0 Å². The molecule has 0 radical (unpaired) electrons. The molecule has 6 nitrogen and oxygen atoms in total. The number of rotatable bonds is 8. The number of hydrogen-bond donors (Lipinski definition) is 2. The molecule has 1 aromatic rings. The Kier molecular flexibility index (Phi) is 6.32. The van der Waals surface area contributed by atoms with Crippen LogP contribution in [0.3, 0.4) is 0 Å². The fourth-order valence-corrected chi connectivity index (χ4v) is 3.67. The van der Waals surface area contributed by atoms with Crippen molar-refractivity contribution in [2.75, 3.05) is 13.7 Å². The average Bonchev–Trinajstić information content (AvgIpc) is 2.38. The first-order valence-electron chi connectivity index (χ1n) is 6.67. The second kappa shape index (κ2) is 7.53. The van der Waals surface area contributed by atoms with Crippen LogP contribution in [0.25, 0.3) is 0 Å². The molecule has 0 heterocycles. The van der Waals surface area contributed by atoms with E-state index in [0.717, 1.165) is 6.42 Å². The predicted octanol–water partition coefficient (Wildman–Crippen LogP) is 1.79. The van der Waals surface area contributed by atoms with Gasteiger partial charge in [-0.15, -0.1) is 0 Å². The summed E-state index contributed by atoms with van der Waals surface area (Å²) in [5, 5.41) is 9.07. The molecule has 118 valence electrons. The molecule has 0 amide bonds. The van der Waals surface area contributed by atoms with E-state index in [-0.39, 0.29) is 28.7 Å². The fraction of sp³-hybridized carbons (Fsp3) is 0.500. The van der Waals surface area contributed by atoms with Gasteiger partial charge in [-0.1, -0.05) is 19.4 Å². The van der Waals surface area contributed by atoms with E-state index >= 15 is 0 Å². The Labute approximate surface area is 125 Å². The molecular weight excluding hydrogens is 294 g/mol. The topological polar surface area (TPSA) is 92.7 Å². The van der Waals surface area contributed by atoms with Gasteiger partial charge < -0.3 is 9.84 Å². The molecule has 0 aliphatic heterocycles. The minimum atomic E-state index is -3.78. The summed E-state index contributed by atoms with van der Waals surface area (Å²) in [5.74, 6) is -1.15. The first-order chi connectivity index (χ1) is 9.83. The van der Waals surface area contributed by atoms with Crippen LogP contribution in [0.15, 0.2) is 23.1 Å². The number of methoxy groups -OCH3 is 1. The molecule has 21 heavy (non-hydrogen) atoms. The number of ether oxygens (including phenoxy) is 1. The number of sulfonamides is 1. The molecule has 0 aliphatic carbocycles. The van der Waals surface area contributed by atoms with E-state index in [4.69, 9.17) is 9.84 Å². The zero-order chi connectivity index (χ0) is 16.0. The molecule has 0 aromatic heterocycles. The SMILES string of the molecule is CCCC(COC)NS(=O)(=O)c1cccc(C(=O)O)c1C. The maximum atomic E-state index is 12.4. The Balaban J connectivity index is 3.13.